The second-order valence-corrected chi connectivity index (χ2v) is 5.97. The lowest BCUT2D eigenvalue weighted by atomic mass is 9.89. The Morgan fingerprint density at radius 1 is 1.35 bits per heavy atom. The number of hydrogen-bond acceptors (Lipinski definition) is 2. The molecule has 0 radical (unpaired) electrons. The molecule has 17 heavy (non-hydrogen) atoms. The fourth-order valence-electron chi connectivity index (χ4n) is 3.19. The van der Waals surface area contributed by atoms with Gasteiger partial charge in [0.15, 0.2) is 0 Å². The SMILES string of the molecule is CCC1CNC(C)(CC)CN1C1CC=CCC1. The Morgan fingerprint density at radius 2 is 2.18 bits per heavy atom. The van der Waals surface area contributed by atoms with E-state index in [1.807, 2.05) is 0 Å². The normalized spacial score (nSPS) is 39.5. The molecule has 1 fully saturated rings. The molecule has 2 nitrogen and oxygen atoms in total. The van der Waals surface area contributed by atoms with Gasteiger partial charge in [-0.05, 0) is 39.0 Å². The van der Waals surface area contributed by atoms with E-state index < -0.39 is 0 Å². The van der Waals surface area contributed by atoms with Gasteiger partial charge in [0.05, 0.1) is 0 Å². The molecule has 1 aliphatic heterocycles. The van der Waals surface area contributed by atoms with E-state index in [1.165, 1.54) is 45.2 Å². The van der Waals surface area contributed by atoms with E-state index in [9.17, 15) is 0 Å². The predicted octanol–water partition coefficient (Wildman–Crippen LogP) is 2.95. The lowest BCUT2D eigenvalue weighted by Crippen LogP contribution is -2.64. The first kappa shape index (κ1) is 13.1. The highest BCUT2D eigenvalue weighted by Gasteiger charge is 2.36. The maximum atomic E-state index is 3.76. The number of hydrogen-bond donors (Lipinski definition) is 1. The van der Waals surface area contributed by atoms with E-state index in [-0.39, 0.29) is 0 Å². The molecule has 3 atom stereocenters. The molecule has 0 bridgehead atoms. The highest BCUT2D eigenvalue weighted by molar-refractivity contribution is 5.01. The minimum absolute atomic E-state index is 0.326. The molecule has 2 aliphatic rings. The summed E-state index contributed by atoms with van der Waals surface area (Å²) in [7, 11) is 0. The van der Waals surface area contributed by atoms with Gasteiger partial charge in [0, 0.05) is 30.7 Å². The van der Waals surface area contributed by atoms with Crippen LogP contribution in [-0.2, 0) is 0 Å². The minimum Gasteiger partial charge on any atom is -0.309 e. The van der Waals surface area contributed by atoms with Gasteiger partial charge in [-0.1, -0.05) is 26.0 Å². The van der Waals surface area contributed by atoms with Crippen LogP contribution in [0.2, 0.25) is 0 Å². The standard InChI is InChI=1S/C15H28N2/c1-4-13-11-16-15(3,5-2)12-17(13)14-9-7-6-8-10-14/h6-7,13-14,16H,4-5,8-12H2,1-3H3. The third-order valence-electron chi connectivity index (χ3n) is 4.73. The molecule has 98 valence electrons. The lowest BCUT2D eigenvalue weighted by molar-refractivity contribution is 0.0401. The third kappa shape index (κ3) is 2.92. The summed E-state index contributed by atoms with van der Waals surface area (Å²) in [6.07, 6.45) is 11.1. The quantitative estimate of drug-likeness (QED) is 0.758. The smallest absolute Gasteiger partial charge is 0.0278 e. The molecule has 1 aliphatic carbocycles. The summed E-state index contributed by atoms with van der Waals surface area (Å²) in [6, 6.07) is 1.53. The Hall–Kier alpha value is -0.340. The summed E-state index contributed by atoms with van der Waals surface area (Å²) in [6.45, 7) is 9.40. The van der Waals surface area contributed by atoms with Gasteiger partial charge in [0.2, 0.25) is 0 Å². The van der Waals surface area contributed by atoms with Crippen molar-refractivity contribution in [2.45, 2.75) is 70.5 Å². The zero-order valence-corrected chi connectivity index (χ0v) is 11.7. The second kappa shape index (κ2) is 5.53. The van der Waals surface area contributed by atoms with Crippen molar-refractivity contribution in [1.82, 2.24) is 10.2 Å². The molecule has 2 heteroatoms. The van der Waals surface area contributed by atoms with Gasteiger partial charge in [-0.15, -0.1) is 0 Å². The largest absolute Gasteiger partial charge is 0.309 e. The first-order chi connectivity index (χ1) is 8.18. The molecular formula is C15H28N2. The first-order valence-corrected chi connectivity index (χ1v) is 7.34. The molecule has 1 heterocycles. The van der Waals surface area contributed by atoms with Crippen LogP contribution in [0.25, 0.3) is 0 Å². The van der Waals surface area contributed by atoms with Crippen molar-refractivity contribution in [3.63, 3.8) is 0 Å². The molecule has 0 saturated carbocycles. The predicted molar refractivity (Wildman–Crippen MR) is 74.3 cm³/mol. The van der Waals surface area contributed by atoms with Crippen LogP contribution in [0.1, 0.15) is 52.9 Å². The third-order valence-corrected chi connectivity index (χ3v) is 4.73. The van der Waals surface area contributed by atoms with E-state index in [1.54, 1.807) is 0 Å². The lowest BCUT2D eigenvalue weighted by Gasteiger charge is -2.49. The van der Waals surface area contributed by atoms with Crippen molar-refractivity contribution >= 4 is 0 Å². The Balaban J connectivity index is 2.06. The zero-order valence-electron chi connectivity index (χ0n) is 11.7. The van der Waals surface area contributed by atoms with Crippen molar-refractivity contribution < 1.29 is 0 Å². The second-order valence-electron chi connectivity index (χ2n) is 5.97. The maximum Gasteiger partial charge on any atom is 0.0278 e. The number of piperazine rings is 1. The van der Waals surface area contributed by atoms with Gasteiger partial charge in [0.1, 0.15) is 0 Å². The van der Waals surface area contributed by atoms with Crippen LogP contribution in [0.3, 0.4) is 0 Å². The van der Waals surface area contributed by atoms with Gasteiger partial charge < -0.3 is 5.32 Å². The number of allylic oxidation sites excluding steroid dienone is 1. The van der Waals surface area contributed by atoms with Crippen LogP contribution in [0.4, 0.5) is 0 Å². The van der Waals surface area contributed by atoms with Crippen molar-refractivity contribution in [2.24, 2.45) is 0 Å². The number of nitrogens with one attached hydrogen (secondary N) is 1. The van der Waals surface area contributed by atoms with Crippen molar-refractivity contribution in [3.8, 4) is 0 Å². The van der Waals surface area contributed by atoms with Crippen LogP contribution < -0.4 is 5.32 Å². The minimum atomic E-state index is 0.326. The van der Waals surface area contributed by atoms with Crippen LogP contribution in [0.5, 0.6) is 0 Å². The first-order valence-electron chi connectivity index (χ1n) is 7.34. The van der Waals surface area contributed by atoms with Crippen LogP contribution in [0, 0.1) is 0 Å². The van der Waals surface area contributed by atoms with E-state index in [0.29, 0.717) is 5.54 Å². The molecular weight excluding hydrogens is 208 g/mol. The molecule has 0 aromatic rings. The van der Waals surface area contributed by atoms with Gasteiger partial charge in [0.25, 0.3) is 0 Å². The van der Waals surface area contributed by atoms with Gasteiger partial charge in [-0.3, -0.25) is 4.90 Å². The van der Waals surface area contributed by atoms with Gasteiger partial charge in [-0.2, -0.15) is 0 Å². The topological polar surface area (TPSA) is 15.3 Å². The summed E-state index contributed by atoms with van der Waals surface area (Å²) < 4.78 is 0. The Morgan fingerprint density at radius 3 is 2.76 bits per heavy atom. The summed E-state index contributed by atoms with van der Waals surface area (Å²) in [5.74, 6) is 0. The molecule has 0 aromatic carbocycles. The van der Waals surface area contributed by atoms with E-state index >= 15 is 0 Å². The van der Waals surface area contributed by atoms with Crippen molar-refractivity contribution in [3.05, 3.63) is 12.2 Å². The van der Waals surface area contributed by atoms with Gasteiger partial charge >= 0.3 is 0 Å². The van der Waals surface area contributed by atoms with E-state index in [0.717, 1.165) is 12.1 Å². The summed E-state index contributed by atoms with van der Waals surface area (Å²) in [4.78, 5) is 2.80. The number of nitrogens with zero attached hydrogens (tertiary/aromatic N) is 1. The molecule has 1 saturated heterocycles. The highest BCUT2D eigenvalue weighted by atomic mass is 15.3. The molecule has 3 unspecified atom stereocenters. The molecule has 0 amide bonds. The Bertz CT molecular complexity index is 274. The van der Waals surface area contributed by atoms with E-state index in [2.05, 4.69) is 43.1 Å². The summed E-state index contributed by atoms with van der Waals surface area (Å²) in [5, 5.41) is 3.76. The average molecular weight is 236 g/mol. The van der Waals surface area contributed by atoms with E-state index in [4.69, 9.17) is 0 Å². The van der Waals surface area contributed by atoms with Crippen molar-refractivity contribution in [2.75, 3.05) is 13.1 Å². The molecule has 2 rings (SSSR count). The summed E-state index contributed by atoms with van der Waals surface area (Å²) in [5.41, 5.74) is 0.326. The van der Waals surface area contributed by atoms with Crippen LogP contribution >= 0.6 is 0 Å². The fraction of sp³-hybridized carbons (Fsp3) is 0.867. The average Bonchev–Trinajstić information content (AvgIpc) is 2.40. The monoisotopic (exact) mass is 236 g/mol. The zero-order chi connectivity index (χ0) is 12.3. The molecule has 0 spiro atoms. The summed E-state index contributed by atoms with van der Waals surface area (Å²) >= 11 is 0. The van der Waals surface area contributed by atoms with Crippen LogP contribution in [-0.4, -0.2) is 35.6 Å². The van der Waals surface area contributed by atoms with Crippen LogP contribution in [0.15, 0.2) is 12.2 Å². The molecule has 1 N–H and O–H groups in total. The fourth-order valence-corrected chi connectivity index (χ4v) is 3.19. The molecule has 0 aromatic heterocycles. The highest BCUT2D eigenvalue weighted by Crippen LogP contribution is 2.27. The van der Waals surface area contributed by atoms with Crippen molar-refractivity contribution in [1.29, 1.82) is 0 Å². The Labute approximate surface area is 106 Å². The number of rotatable bonds is 3. The van der Waals surface area contributed by atoms with Gasteiger partial charge in [-0.25, -0.2) is 0 Å². The maximum absolute atomic E-state index is 3.76. The Kier molecular flexibility index (Phi) is 4.26.